The number of benzene rings is 2. The van der Waals surface area contributed by atoms with Crippen molar-refractivity contribution in [3.8, 4) is 11.1 Å². The summed E-state index contributed by atoms with van der Waals surface area (Å²) in [7, 11) is 1.59. The lowest BCUT2D eigenvalue weighted by Gasteiger charge is -2.31. The van der Waals surface area contributed by atoms with Crippen LogP contribution in [0.3, 0.4) is 0 Å². The minimum absolute atomic E-state index is 0.117. The van der Waals surface area contributed by atoms with Crippen LogP contribution in [0.1, 0.15) is 25.8 Å². The summed E-state index contributed by atoms with van der Waals surface area (Å²) in [5, 5.41) is 10.7. The molecule has 6 heteroatoms. The molecule has 162 valence electrons. The first kappa shape index (κ1) is 24.5. The van der Waals surface area contributed by atoms with E-state index in [0.717, 1.165) is 23.1 Å². The van der Waals surface area contributed by atoms with Crippen molar-refractivity contribution < 1.29 is 19.3 Å². The summed E-state index contributed by atoms with van der Waals surface area (Å²) in [5.41, 5.74) is 2.59. The molecule has 30 heavy (non-hydrogen) atoms. The molecule has 0 saturated heterocycles. The van der Waals surface area contributed by atoms with Crippen molar-refractivity contribution in [3.05, 3.63) is 59.1 Å². The molecule has 0 aromatic heterocycles. The van der Waals surface area contributed by atoms with Gasteiger partial charge in [-0.1, -0.05) is 54.8 Å². The highest BCUT2D eigenvalue weighted by Crippen LogP contribution is 2.33. The Balaban J connectivity index is 2.18. The van der Waals surface area contributed by atoms with Crippen molar-refractivity contribution in [1.29, 1.82) is 0 Å². The van der Waals surface area contributed by atoms with Gasteiger partial charge in [-0.15, -0.1) is 0 Å². The summed E-state index contributed by atoms with van der Waals surface area (Å²) in [6, 6.07) is 16.2. The van der Waals surface area contributed by atoms with E-state index in [4.69, 9.17) is 21.1 Å². The normalized spacial score (nSPS) is 14.1. The fraction of sp³-hybridized carbons (Fsp3) is 0.458. The van der Waals surface area contributed by atoms with E-state index in [0.29, 0.717) is 24.4 Å². The van der Waals surface area contributed by atoms with Gasteiger partial charge in [0.25, 0.3) is 6.92 Å². The molecule has 0 unspecified atom stereocenters. The number of hydrogen-bond acceptors (Lipinski definition) is 4. The van der Waals surface area contributed by atoms with Crippen molar-refractivity contribution in [3.63, 3.8) is 0 Å². The Hall–Kier alpha value is -1.82. The molecule has 1 N–H and O–H groups in total. The average Bonchev–Trinajstić information content (AvgIpc) is 2.68. The van der Waals surface area contributed by atoms with E-state index in [9.17, 15) is 9.82 Å². The first-order valence-electron chi connectivity index (χ1n) is 10.5. The number of ether oxygens (including phenoxy) is 2. The second kappa shape index (κ2) is 11.5. The predicted molar refractivity (Wildman–Crippen MR) is 124 cm³/mol. The Kier molecular flexibility index (Phi) is 9.41. The fourth-order valence-electron chi connectivity index (χ4n) is 4.02. The fourth-order valence-corrected chi connectivity index (χ4v) is 4.21. The highest BCUT2D eigenvalue weighted by Gasteiger charge is 2.38. The number of esters is 1. The smallest absolute Gasteiger partial charge is 0.314 e. The van der Waals surface area contributed by atoms with Crippen LogP contribution in [0.25, 0.3) is 11.1 Å². The average molecular weight is 431 g/mol. The van der Waals surface area contributed by atoms with Crippen LogP contribution in [0, 0.1) is 11.3 Å². The zero-order valence-corrected chi connectivity index (χ0v) is 19.1. The van der Waals surface area contributed by atoms with E-state index < -0.39 is 12.3 Å². The minimum atomic E-state index is -0.745. The van der Waals surface area contributed by atoms with E-state index in [-0.39, 0.29) is 18.5 Å². The largest absolute Gasteiger partial charge is 0.466 e. The van der Waals surface area contributed by atoms with Crippen LogP contribution in [0.5, 0.6) is 0 Å². The van der Waals surface area contributed by atoms with Crippen LogP contribution < -0.4 is 0 Å². The van der Waals surface area contributed by atoms with Gasteiger partial charge in [0.1, 0.15) is 0 Å². The predicted octanol–water partition coefficient (Wildman–Crippen LogP) is 5.39. The van der Waals surface area contributed by atoms with Gasteiger partial charge in [0.2, 0.25) is 0 Å². The molecule has 2 rings (SSSR count). The number of hydrogen-bond donors (Lipinski definition) is 1. The Bertz CT molecular complexity index is 809. The van der Waals surface area contributed by atoms with E-state index in [2.05, 4.69) is 24.3 Å². The summed E-state index contributed by atoms with van der Waals surface area (Å²) >= 11 is 6.11. The zero-order valence-electron chi connectivity index (χ0n) is 18.4. The quantitative estimate of drug-likeness (QED) is 0.384. The molecular weight excluding hydrogens is 399 g/mol. The van der Waals surface area contributed by atoms with Crippen LogP contribution in [-0.4, -0.2) is 38.2 Å². The summed E-state index contributed by atoms with van der Waals surface area (Å²) in [6.45, 7) is 5.65. The third-order valence-corrected chi connectivity index (χ3v) is 5.52. The monoisotopic (exact) mass is 430 g/mol. The Labute approximate surface area is 185 Å². The molecule has 0 saturated carbocycles. The molecule has 0 heterocycles. The highest BCUT2D eigenvalue weighted by atomic mass is 35.5. The van der Waals surface area contributed by atoms with Gasteiger partial charge in [-0.05, 0) is 67.8 Å². The van der Waals surface area contributed by atoms with Crippen molar-refractivity contribution >= 4 is 24.5 Å². The van der Waals surface area contributed by atoms with E-state index in [1.54, 1.807) is 20.9 Å². The van der Waals surface area contributed by atoms with E-state index in [1.165, 1.54) is 0 Å². The first-order valence-corrected chi connectivity index (χ1v) is 10.8. The molecule has 0 spiro atoms. The minimum Gasteiger partial charge on any atom is -0.466 e. The van der Waals surface area contributed by atoms with Gasteiger partial charge in [0, 0.05) is 12.1 Å². The molecule has 0 amide bonds. The molecule has 2 aromatic carbocycles. The lowest BCUT2D eigenvalue weighted by Crippen LogP contribution is -2.37. The second-order valence-corrected chi connectivity index (χ2v) is 8.72. The number of halogens is 1. The molecule has 4 nitrogen and oxygen atoms in total. The Morgan fingerprint density at radius 3 is 2.47 bits per heavy atom. The topological polar surface area (TPSA) is 55.8 Å². The molecular formula is C24H32BClO4. The van der Waals surface area contributed by atoms with Gasteiger partial charge < -0.3 is 14.5 Å². The number of carbonyl (C=O) groups excluding carboxylic acids is 1. The SMILES string of the molecule is CCOC(=O)[C@](C)(COC)C[C@H](CB(C)O)Cc1ccc(-c2cccc(Cl)c2)cc1. The van der Waals surface area contributed by atoms with E-state index in [1.807, 2.05) is 31.2 Å². The van der Waals surface area contributed by atoms with Crippen LogP contribution in [0.2, 0.25) is 18.2 Å². The molecule has 0 aliphatic rings. The number of methoxy groups -OCH3 is 1. The van der Waals surface area contributed by atoms with Crippen LogP contribution >= 0.6 is 11.6 Å². The van der Waals surface area contributed by atoms with Crippen molar-refractivity contribution in [2.45, 2.75) is 39.8 Å². The number of rotatable bonds is 11. The van der Waals surface area contributed by atoms with Gasteiger partial charge in [-0.25, -0.2) is 0 Å². The second-order valence-electron chi connectivity index (χ2n) is 8.28. The third-order valence-electron chi connectivity index (χ3n) is 5.28. The molecule has 2 aromatic rings. The third kappa shape index (κ3) is 7.15. The van der Waals surface area contributed by atoms with Crippen LogP contribution in [0.15, 0.2) is 48.5 Å². The zero-order chi connectivity index (χ0) is 22.1. The Morgan fingerprint density at radius 1 is 1.20 bits per heavy atom. The van der Waals surface area contributed by atoms with Gasteiger partial charge in [0.05, 0.1) is 18.6 Å². The van der Waals surface area contributed by atoms with Crippen molar-refractivity contribution in [1.82, 2.24) is 0 Å². The molecule has 0 aliphatic carbocycles. The van der Waals surface area contributed by atoms with Gasteiger partial charge in [0.15, 0.2) is 0 Å². The van der Waals surface area contributed by atoms with Crippen LogP contribution in [-0.2, 0) is 20.7 Å². The van der Waals surface area contributed by atoms with Crippen molar-refractivity contribution in [2.75, 3.05) is 20.3 Å². The van der Waals surface area contributed by atoms with Crippen molar-refractivity contribution in [2.24, 2.45) is 11.3 Å². The van der Waals surface area contributed by atoms with Gasteiger partial charge in [-0.3, -0.25) is 4.79 Å². The summed E-state index contributed by atoms with van der Waals surface area (Å²) in [6.07, 6.45) is 1.95. The Morgan fingerprint density at radius 2 is 1.90 bits per heavy atom. The maximum atomic E-state index is 12.6. The first-order chi connectivity index (χ1) is 14.3. The highest BCUT2D eigenvalue weighted by molar-refractivity contribution is 6.48. The standard InChI is InChI=1S/C24H32BClO4/c1-5-30-23(27)24(2,17-29-4)15-19(16-25(3)28)13-18-9-11-20(12-10-18)21-7-6-8-22(26)14-21/h6-12,14,19,28H,5,13,15-17H2,1-4H3/t19-,24+/m1/s1. The lowest BCUT2D eigenvalue weighted by atomic mass is 9.60. The lowest BCUT2D eigenvalue weighted by molar-refractivity contribution is -0.158. The molecule has 0 aliphatic heterocycles. The number of carbonyl (C=O) groups is 1. The molecule has 0 bridgehead atoms. The van der Waals surface area contributed by atoms with E-state index >= 15 is 0 Å². The molecule has 0 radical (unpaired) electrons. The van der Waals surface area contributed by atoms with Gasteiger partial charge >= 0.3 is 5.97 Å². The van der Waals surface area contributed by atoms with Crippen LogP contribution in [0.4, 0.5) is 0 Å². The van der Waals surface area contributed by atoms with Gasteiger partial charge in [-0.2, -0.15) is 0 Å². The maximum absolute atomic E-state index is 12.6. The molecule has 2 atom stereocenters. The molecule has 0 fully saturated rings. The summed E-state index contributed by atoms with van der Waals surface area (Å²) in [4.78, 5) is 12.6. The summed E-state index contributed by atoms with van der Waals surface area (Å²) < 4.78 is 10.6. The maximum Gasteiger partial charge on any atom is 0.314 e. The summed E-state index contributed by atoms with van der Waals surface area (Å²) in [5.74, 6) is -0.134.